The third kappa shape index (κ3) is 5.11. The molecule has 7 nitrogen and oxygen atoms in total. The van der Waals surface area contributed by atoms with Crippen molar-refractivity contribution in [3.63, 3.8) is 0 Å². The zero-order valence-electron chi connectivity index (χ0n) is 15.3. The van der Waals surface area contributed by atoms with E-state index < -0.39 is 0 Å². The molecule has 2 fully saturated rings. The molecule has 2 amide bonds. The Morgan fingerprint density at radius 1 is 1.23 bits per heavy atom. The van der Waals surface area contributed by atoms with Gasteiger partial charge in [0.05, 0.1) is 13.1 Å². The average molecular weight is 361 g/mol. The van der Waals surface area contributed by atoms with Gasteiger partial charge in [0.25, 0.3) is 0 Å². The first-order valence-electron chi connectivity index (χ1n) is 9.29. The molecule has 142 valence electrons. The van der Waals surface area contributed by atoms with Crippen LogP contribution in [0.25, 0.3) is 0 Å². The number of hydrogen-bond donors (Lipinski definition) is 1. The summed E-state index contributed by atoms with van der Waals surface area (Å²) in [6.45, 7) is 6.15. The molecule has 0 spiro atoms. The molecule has 2 heterocycles. The monoisotopic (exact) mass is 361 g/mol. The van der Waals surface area contributed by atoms with Crippen LogP contribution in [0.5, 0.6) is 5.75 Å². The van der Waals surface area contributed by atoms with Crippen molar-refractivity contribution in [1.29, 1.82) is 0 Å². The summed E-state index contributed by atoms with van der Waals surface area (Å²) in [6.07, 6.45) is 3.18. The van der Waals surface area contributed by atoms with E-state index in [-0.39, 0.29) is 18.1 Å². The van der Waals surface area contributed by atoms with Crippen molar-refractivity contribution in [3.05, 3.63) is 24.3 Å². The summed E-state index contributed by atoms with van der Waals surface area (Å²) in [5.41, 5.74) is 0.767. The predicted molar refractivity (Wildman–Crippen MR) is 98.5 cm³/mol. The number of piperidine rings is 1. The van der Waals surface area contributed by atoms with E-state index in [1.54, 1.807) is 4.90 Å². The number of anilines is 1. The molecular formula is C19H27N3O4. The van der Waals surface area contributed by atoms with E-state index in [4.69, 9.17) is 9.47 Å². The van der Waals surface area contributed by atoms with Crippen LogP contribution < -0.4 is 15.0 Å². The van der Waals surface area contributed by atoms with Crippen molar-refractivity contribution in [3.8, 4) is 5.75 Å². The Morgan fingerprint density at radius 2 is 1.96 bits per heavy atom. The summed E-state index contributed by atoms with van der Waals surface area (Å²) in [6, 6.07) is 7.47. The molecule has 2 aliphatic heterocycles. The van der Waals surface area contributed by atoms with Crippen LogP contribution in [0.4, 0.5) is 10.5 Å². The van der Waals surface area contributed by atoms with Gasteiger partial charge in [0, 0.05) is 19.2 Å². The molecule has 3 rings (SSSR count). The van der Waals surface area contributed by atoms with Crippen LogP contribution in [0, 0.1) is 0 Å². The largest absolute Gasteiger partial charge is 0.492 e. The summed E-state index contributed by atoms with van der Waals surface area (Å²) in [5, 5.41) is 2.67. The molecule has 0 unspecified atom stereocenters. The molecule has 1 aromatic rings. The topological polar surface area (TPSA) is 71.1 Å². The van der Waals surface area contributed by atoms with Gasteiger partial charge in [-0.25, -0.2) is 4.79 Å². The molecule has 1 N–H and O–H groups in total. The van der Waals surface area contributed by atoms with Crippen molar-refractivity contribution < 1.29 is 19.1 Å². The number of amides is 2. The minimum atomic E-state index is -0.390. The van der Waals surface area contributed by atoms with Crippen LogP contribution in [0.1, 0.15) is 26.2 Å². The highest BCUT2D eigenvalue weighted by Gasteiger charge is 2.32. The van der Waals surface area contributed by atoms with E-state index in [2.05, 4.69) is 10.2 Å². The second kappa shape index (κ2) is 8.89. The van der Waals surface area contributed by atoms with Gasteiger partial charge in [-0.1, -0.05) is 6.42 Å². The first kappa shape index (κ1) is 18.5. The fourth-order valence-electron chi connectivity index (χ4n) is 3.29. The summed E-state index contributed by atoms with van der Waals surface area (Å²) < 4.78 is 11.1. The molecule has 0 aliphatic carbocycles. The summed E-state index contributed by atoms with van der Waals surface area (Å²) >= 11 is 0. The zero-order valence-corrected chi connectivity index (χ0v) is 15.3. The molecule has 1 atom stereocenters. The maximum atomic E-state index is 12.0. The number of cyclic esters (lactones) is 1. The van der Waals surface area contributed by atoms with Gasteiger partial charge in [0.15, 0.2) is 0 Å². The smallest absolute Gasteiger partial charge is 0.414 e. The van der Waals surface area contributed by atoms with Gasteiger partial charge in [-0.2, -0.15) is 0 Å². The SMILES string of the molecule is CC(=O)NC[C@H]1CN(c2ccc(OCCN3CCCCC3)cc2)C(=O)O1. The quantitative estimate of drug-likeness (QED) is 0.804. The Bertz CT molecular complexity index is 614. The Labute approximate surface area is 154 Å². The van der Waals surface area contributed by atoms with E-state index in [9.17, 15) is 9.59 Å². The van der Waals surface area contributed by atoms with Gasteiger partial charge >= 0.3 is 6.09 Å². The van der Waals surface area contributed by atoms with Crippen molar-refractivity contribution >= 4 is 17.7 Å². The highest BCUT2D eigenvalue weighted by molar-refractivity contribution is 5.89. The lowest BCUT2D eigenvalue weighted by molar-refractivity contribution is -0.119. The normalized spacial score (nSPS) is 20.7. The number of nitrogens with zero attached hydrogens (tertiary/aromatic N) is 2. The number of rotatable bonds is 7. The molecule has 2 aliphatic rings. The molecule has 26 heavy (non-hydrogen) atoms. The van der Waals surface area contributed by atoms with E-state index in [1.165, 1.54) is 39.3 Å². The van der Waals surface area contributed by atoms with Gasteiger partial charge in [-0.15, -0.1) is 0 Å². The molecule has 0 bridgehead atoms. The summed E-state index contributed by atoms with van der Waals surface area (Å²) in [7, 11) is 0. The molecular weight excluding hydrogens is 334 g/mol. The minimum absolute atomic E-state index is 0.134. The standard InChI is InChI=1S/C19H27N3O4/c1-15(23)20-13-18-14-22(19(24)26-18)16-5-7-17(8-6-16)25-12-11-21-9-3-2-4-10-21/h5-8,18H,2-4,9-14H2,1H3,(H,20,23)/t18-/m0/s1. The Hall–Kier alpha value is -2.28. The number of hydrogen-bond acceptors (Lipinski definition) is 5. The van der Waals surface area contributed by atoms with Gasteiger partial charge in [0.1, 0.15) is 18.5 Å². The number of carbonyl (C=O) groups is 2. The maximum absolute atomic E-state index is 12.0. The zero-order chi connectivity index (χ0) is 18.4. The van der Waals surface area contributed by atoms with E-state index in [0.29, 0.717) is 19.7 Å². The highest BCUT2D eigenvalue weighted by Crippen LogP contribution is 2.24. The van der Waals surface area contributed by atoms with Crippen molar-refractivity contribution in [2.45, 2.75) is 32.3 Å². The maximum Gasteiger partial charge on any atom is 0.414 e. The molecule has 7 heteroatoms. The Morgan fingerprint density at radius 3 is 2.65 bits per heavy atom. The first-order chi connectivity index (χ1) is 12.6. The lowest BCUT2D eigenvalue weighted by Crippen LogP contribution is -2.33. The minimum Gasteiger partial charge on any atom is -0.492 e. The summed E-state index contributed by atoms with van der Waals surface area (Å²) in [4.78, 5) is 27.0. The molecule has 2 saturated heterocycles. The van der Waals surface area contributed by atoms with Gasteiger partial charge in [0.2, 0.25) is 5.91 Å². The van der Waals surface area contributed by atoms with Gasteiger partial charge in [-0.05, 0) is 50.2 Å². The first-order valence-corrected chi connectivity index (χ1v) is 9.29. The van der Waals surface area contributed by atoms with Crippen LogP contribution in [-0.2, 0) is 9.53 Å². The molecule has 1 aromatic carbocycles. The van der Waals surface area contributed by atoms with E-state index >= 15 is 0 Å². The number of likely N-dealkylation sites (tertiary alicyclic amines) is 1. The fourth-order valence-corrected chi connectivity index (χ4v) is 3.29. The van der Waals surface area contributed by atoms with Crippen molar-refractivity contribution in [2.75, 3.05) is 44.2 Å². The van der Waals surface area contributed by atoms with Crippen LogP contribution in [-0.4, -0.2) is 62.3 Å². The van der Waals surface area contributed by atoms with Crippen LogP contribution in [0.15, 0.2) is 24.3 Å². The molecule has 0 aromatic heterocycles. The van der Waals surface area contributed by atoms with E-state index in [0.717, 1.165) is 18.0 Å². The number of benzene rings is 1. The van der Waals surface area contributed by atoms with Gasteiger partial charge in [-0.3, -0.25) is 14.6 Å². The lowest BCUT2D eigenvalue weighted by atomic mass is 10.1. The van der Waals surface area contributed by atoms with Crippen LogP contribution >= 0.6 is 0 Å². The molecule has 0 radical (unpaired) electrons. The second-order valence-electron chi connectivity index (χ2n) is 6.80. The highest BCUT2D eigenvalue weighted by atomic mass is 16.6. The van der Waals surface area contributed by atoms with Crippen molar-refractivity contribution in [2.24, 2.45) is 0 Å². The Balaban J connectivity index is 1.46. The number of ether oxygens (including phenoxy) is 2. The van der Waals surface area contributed by atoms with Crippen LogP contribution in [0.2, 0.25) is 0 Å². The lowest BCUT2D eigenvalue weighted by Gasteiger charge is -2.26. The molecule has 0 saturated carbocycles. The van der Waals surface area contributed by atoms with Crippen LogP contribution in [0.3, 0.4) is 0 Å². The average Bonchev–Trinajstić information content (AvgIpc) is 3.02. The van der Waals surface area contributed by atoms with Crippen molar-refractivity contribution in [1.82, 2.24) is 10.2 Å². The fraction of sp³-hybridized carbons (Fsp3) is 0.579. The number of carbonyl (C=O) groups excluding carboxylic acids is 2. The van der Waals surface area contributed by atoms with E-state index in [1.807, 2.05) is 24.3 Å². The Kier molecular flexibility index (Phi) is 6.33. The second-order valence-corrected chi connectivity index (χ2v) is 6.80. The number of nitrogens with one attached hydrogen (secondary N) is 1. The third-order valence-corrected chi connectivity index (χ3v) is 4.73. The predicted octanol–water partition coefficient (Wildman–Crippen LogP) is 2.01. The van der Waals surface area contributed by atoms with Gasteiger partial charge < -0.3 is 14.8 Å². The summed E-state index contributed by atoms with van der Waals surface area (Å²) in [5.74, 6) is 0.665. The third-order valence-electron chi connectivity index (χ3n) is 4.73.